The Labute approximate surface area is 196 Å². The van der Waals surface area contributed by atoms with Crippen LogP contribution in [0.25, 0.3) is 10.9 Å². The van der Waals surface area contributed by atoms with Crippen LogP contribution in [0.2, 0.25) is 10.0 Å². The predicted molar refractivity (Wildman–Crippen MR) is 129 cm³/mol. The number of fused-ring (bicyclic) bond motifs is 1. The Morgan fingerprint density at radius 1 is 1.00 bits per heavy atom. The summed E-state index contributed by atoms with van der Waals surface area (Å²) >= 11 is 12.4. The van der Waals surface area contributed by atoms with Crippen LogP contribution in [0.3, 0.4) is 0 Å². The highest BCUT2D eigenvalue weighted by atomic mass is 35.5. The summed E-state index contributed by atoms with van der Waals surface area (Å²) in [5.41, 5.74) is 3.38. The Hall–Kier alpha value is -3.15. The van der Waals surface area contributed by atoms with Gasteiger partial charge in [0.15, 0.2) is 0 Å². The number of benzene rings is 2. The summed E-state index contributed by atoms with van der Waals surface area (Å²) in [5.74, 6) is 0.358. The summed E-state index contributed by atoms with van der Waals surface area (Å²) in [5, 5.41) is 4.28. The maximum absolute atomic E-state index is 12.9. The highest BCUT2D eigenvalue weighted by Gasteiger charge is 2.17. The molecule has 0 saturated carbocycles. The van der Waals surface area contributed by atoms with Gasteiger partial charge in [-0.05, 0) is 56.2 Å². The first-order chi connectivity index (χ1) is 15.5. The van der Waals surface area contributed by atoms with Crippen LogP contribution < -0.4 is 10.1 Å². The van der Waals surface area contributed by atoms with E-state index < -0.39 is 5.91 Å². The number of hydrogen-bond donors (Lipinski definition) is 1. The number of para-hydroxylation sites is 1. The Kier molecular flexibility index (Phi) is 6.88. The molecule has 0 aliphatic heterocycles. The van der Waals surface area contributed by atoms with E-state index in [0.29, 0.717) is 17.8 Å². The third-order valence-corrected chi connectivity index (χ3v) is 5.64. The van der Waals surface area contributed by atoms with E-state index in [1.54, 1.807) is 36.7 Å². The molecule has 0 spiro atoms. The maximum atomic E-state index is 12.9. The Morgan fingerprint density at radius 2 is 1.78 bits per heavy atom. The third kappa shape index (κ3) is 4.85. The average molecular weight is 466 g/mol. The van der Waals surface area contributed by atoms with Gasteiger partial charge in [0.1, 0.15) is 5.75 Å². The summed E-state index contributed by atoms with van der Waals surface area (Å²) in [6.45, 7) is 2.50. The molecule has 4 rings (SSSR count). The van der Waals surface area contributed by atoms with Crippen LogP contribution in [0.5, 0.6) is 5.75 Å². The Morgan fingerprint density at radius 3 is 2.53 bits per heavy atom. The second-order valence-electron chi connectivity index (χ2n) is 7.30. The molecule has 162 valence electrons. The summed E-state index contributed by atoms with van der Waals surface area (Å²) in [7, 11) is 0. The molecular weight excluding hydrogens is 445 g/mol. The minimum Gasteiger partial charge on any atom is -0.493 e. The van der Waals surface area contributed by atoms with Gasteiger partial charge in [-0.1, -0.05) is 41.4 Å². The summed E-state index contributed by atoms with van der Waals surface area (Å²) < 4.78 is 6.13. The van der Waals surface area contributed by atoms with Gasteiger partial charge in [-0.3, -0.25) is 14.8 Å². The van der Waals surface area contributed by atoms with E-state index in [-0.39, 0.29) is 15.6 Å². The Bertz CT molecular complexity index is 1240. The summed E-state index contributed by atoms with van der Waals surface area (Å²) in [6, 6.07) is 16.4. The van der Waals surface area contributed by atoms with E-state index in [9.17, 15) is 4.79 Å². The predicted octanol–water partition coefficient (Wildman–Crippen LogP) is 6.51. The van der Waals surface area contributed by atoms with Crippen LogP contribution in [-0.4, -0.2) is 22.5 Å². The first-order valence-corrected chi connectivity index (χ1v) is 11.0. The van der Waals surface area contributed by atoms with E-state index in [2.05, 4.69) is 15.3 Å². The zero-order chi connectivity index (χ0) is 22.5. The molecule has 5 nitrogen and oxygen atoms in total. The van der Waals surface area contributed by atoms with Crippen molar-refractivity contribution in [2.24, 2.45) is 0 Å². The van der Waals surface area contributed by atoms with E-state index in [0.717, 1.165) is 35.2 Å². The highest BCUT2D eigenvalue weighted by Crippen LogP contribution is 2.33. The standard InChI is InChI=1S/C25H21Cl2N3O2/c1-16-15-29-23-18(24(16)32-14-6-8-17-7-2-3-13-28-17)9-4-12-21(23)30-25(31)22-19(26)10-5-11-20(22)27/h2-5,7,9-13,15H,6,8,14H2,1H3,(H,30,31). The Balaban J connectivity index is 1.55. The number of nitrogens with one attached hydrogen (secondary N) is 1. The number of carbonyl (C=O) groups excluding carboxylic acids is 1. The van der Waals surface area contributed by atoms with Gasteiger partial charge >= 0.3 is 0 Å². The normalized spacial score (nSPS) is 10.8. The molecule has 0 fully saturated rings. The van der Waals surface area contributed by atoms with Crippen molar-refractivity contribution in [3.8, 4) is 5.75 Å². The smallest absolute Gasteiger partial charge is 0.258 e. The van der Waals surface area contributed by atoms with Gasteiger partial charge in [-0.25, -0.2) is 0 Å². The molecule has 0 radical (unpaired) electrons. The lowest BCUT2D eigenvalue weighted by atomic mass is 10.1. The topological polar surface area (TPSA) is 64.1 Å². The molecule has 2 heterocycles. The van der Waals surface area contributed by atoms with Gasteiger partial charge in [0, 0.05) is 29.0 Å². The van der Waals surface area contributed by atoms with Crippen molar-refractivity contribution in [1.29, 1.82) is 0 Å². The maximum Gasteiger partial charge on any atom is 0.258 e. The summed E-state index contributed by atoms with van der Waals surface area (Å²) in [4.78, 5) is 21.7. The van der Waals surface area contributed by atoms with Crippen LogP contribution >= 0.6 is 23.2 Å². The number of aromatic nitrogens is 2. The van der Waals surface area contributed by atoms with Crippen LogP contribution in [0, 0.1) is 6.92 Å². The van der Waals surface area contributed by atoms with Crippen molar-refractivity contribution >= 4 is 45.7 Å². The summed E-state index contributed by atoms with van der Waals surface area (Å²) in [6.07, 6.45) is 5.21. The van der Waals surface area contributed by atoms with Gasteiger partial charge in [-0.15, -0.1) is 0 Å². The lowest BCUT2D eigenvalue weighted by Gasteiger charge is -2.15. The zero-order valence-electron chi connectivity index (χ0n) is 17.4. The molecular formula is C25H21Cl2N3O2. The highest BCUT2D eigenvalue weighted by molar-refractivity contribution is 6.40. The molecule has 32 heavy (non-hydrogen) atoms. The SMILES string of the molecule is Cc1cnc2c(NC(=O)c3c(Cl)cccc3Cl)cccc2c1OCCCc1ccccn1. The number of carbonyl (C=O) groups is 1. The van der Waals surface area contributed by atoms with Gasteiger partial charge in [0.2, 0.25) is 0 Å². The molecule has 0 unspecified atom stereocenters. The van der Waals surface area contributed by atoms with E-state index in [1.165, 1.54) is 0 Å². The van der Waals surface area contributed by atoms with Gasteiger partial charge < -0.3 is 10.1 Å². The number of aryl methyl sites for hydroxylation is 2. The lowest BCUT2D eigenvalue weighted by Crippen LogP contribution is -2.14. The van der Waals surface area contributed by atoms with Crippen molar-refractivity contribution in [2.75, 3.05) is 11.9 Å². The van der Waals surface area contributed by atoms with Crippen molar-refractivity contribution < 1.29 is 9.53 Å². The number of anilines is 1. The third-order valence-electron chi connectivity index (χ3n) is 5.01. The number of amides is 1. The minimum atomic E-state index is -0.395. The molecule has 2 aromatic carbocycles. The second kappa shape index (κ2) is 9.98. The van der Waals surface area contributed by atoms with Crippen molar-refractivity contribution in [3.05, 3.63) is 93.9 Å². The molecule has 0 aliphatic carbocycles. The van der Waals surface area contributed by atoms with Gasteiger partial charge in [0.05, 0.1) is 33.4 Å². The van der Waals surface area contributed by atoms with Crippen LogP contribution in [0.15, 0.2) is 67.0 Å². The first kappa shape index (κ1) is 22.1. The molecule has 2 aromatic heterocycles. The second-order valence-corrected chi connectivity index (χ2v) is 8.11. The molecule has 1 amide bonds. The number of ether oxygens (including phenoxy) is 1. The largest absolute Gasteiger partial charge is 0.493 e. The molecule has 7 heteroatoms. The first-order valence-electron chi connectivity index (χ1n) is 10.2. The quantitative estimate of drug-likeness (QED) is 0.316. The molecule has 4 aromatic rings. The van der Waals surface area contributed by atoms with Crippen LogP contribution in [0.1, 0.15) is 28.0 Å². The zero-order valence-corrected chi connectivity index (χ0v) is 19.0. The van der Waals surface area contributed by atoms with Crippen LogP contribution in [-0.2, 0) is 6.42 Å². The van der Waals surface area contributed by atoms with E-state index in [1.807, 2.05) is 37.3 Å². The van der Waals surface area contributed by atoms with Crippen molar-refractivity contribution in [1.82, 2.24) is 9.97 Å². The molecule has 0 saturated heterocycles. The fourth-order valence-electron chi connectivity index (χ4n) is 3.46. The van der Waals surface area contributed by atoms with E-state index in [4.69, 9.17) is 27.9 Å². The molecule has 0 atom stereocenters. The van der Waals surface area contributed by atoms with Gasteiger partial charge in [0.25, 0.3) is 5.91 Å². The average Bonchev–Trinajstić information content (AvgIpc) is 2.78. The monoisotopic (exact) mass is 465 g/mol. The number of halogens is 2. The fraction of sp³-hybridized carbons (Fsp3) is 0.160. The fourth-order valence-corrected chi connectivity index (χ4v) is 4.03. The van der Waals surface area contributed by atoms with Gasteiger partial charge in [-0.2, -0.15) is 0 Å². The number of hydrogen-bond acceptors (Lipinski definition) is 4. The molecule has 0 bridgehead atoms. The van der Waals surface area contributed by atoms with Crippen molar-refractivity contribution in [2.45, 2.75) is 19.8 Å². The molecule has 0 aliphatic rings. The number of pyridine rings is 2. The number of nitrogens with zero attached hydrogens (tertiary/aromatic N) is 2. The van der Waals surface area contributed by atoms with E-state index >= 15 is 0 Å². The van der Waals surface area contributed by atoms with Crippen molar-refractivity contribution in [3.63, 3.8) is 0 Å². The van der Waals surface area contributed by atoms with Crippen LogP contribution in [0.4, 0.5) is 5.69 Å². The lowest BCUT2D eigenvalue weighted by molar-refractivity contribution is 0.102. The molecule has 1 N–H and O–H groups in total. The minimum absolute atomic E-state index is 0.228. The number of rotatable bonds is 7.